The Hall–Kier alpha value is -0.860. The molecule has 21 heavy (non-hydrogen) atoms. The number of likely N-dealkylation sites (tertiary alicyclic amines) is 1. The second-order valence-corrected chi connectivity index (χ2v) is 6.95. The minimum atomic E-state index is -0.134. The topological polar surface area (TPSA) is 37.4 Å². The van der Waals surface area contributed by atoms with Crippen LogP contribution in [0.15, 0.2) is 0 Å². The van der Waals surface area contributed by atoms with E-state index < -0.39 is 0 Å². The number of Topliss-reactive ketones (excluding diaryl/α,β-unsaturated/α-hetero) is 1. The van der Waals surface area contributed by atoms with E-state index in [4.69, 9.17) is 0 Å². The van der Waals surface area contributed by atoms with Crippen molar-refractivity contribution in [2.45, 2.75) is 84.1 Å². The second kappa shape index (κ2) is 7.95. The highest BCUT2D eigenvalue weighted by atomic mass is 16.2. The van der Waals surface area contributed by atoms with Crippen molar-refractivity contribution in [1.82, 2.24) is 4.90 Å². The number of carbonyl (C=O) groups excluding carboxylic acids is 2. The van der Waals surface area contributed by atoms with Crippen LogP contribution in [0.25, 0.3) is 0 Å². The number of rotatable bonds is 6. The fraction of sp³-hybridized carbons (Fsp3) is 0.889. The van der Waals surface area contributed by atoms with Crippen molar-refractivity contribution in [3.63, 3.8) is 0 Å². The van der Waals surface area contributed by atoms with Gasteiger partial charge in [0.2, 0.25) is 5.91 Å². The molecule has 2 aliphatic rings. The average molecular weight is 293 g/mol. The van der Waals surface area contributed by atoms with Crippen molar-refractivity contribution in [3.8, 4) is 0 Å². The molecule has 120 valence electrons. The number of nitrogens with zero attached hydrogens (tertiary/aromatic N) is 1. The van der Waals surface area contributed by atoms with Gasteiger partial charge in [0, 0.05) is 12.5 Å². The fourth-order valence-electron chi connectivity index (χ4n) is 4.19. The zero-order valence-electron chi connectivity index (χ0n) is 13.8. The summed E-state index contributed by atoms with van der Waals surface area (Å²) in [6.45, 7) is 4.62. The molecule has 2 unspecified atom stereocenters. The molecule has 3 heteroatoms. The minimum Gasteiger partial charge on any atom is -0.332 e. The van der Waals surface area contributed by atoms with Crippen LogP contribution in [-0.2, 0) is 9.59 Å². The molecule has 0 aromatic rings. The van der Waals surface area contributed by atoms with Crippen molar-refractivity contribution < 1.29 is 9.59 Å². The van der Waals surface area contributed by atoms with Gasteiger partial charge in [-0.1, -0.05) is 39.0 Å². The number of ketones is 1. The van der Waals surface area contributed by atoms with Crippen LogP contribution in [0.2, 0.25) is 0 Å². The SMILES string of the molecule is CCCCC(C(=O)N1CCCC1C(C)=O)C1CCCCC1. The lowest BCUT2D eigenvalue weighted by Gasteiger charge is -2.34. The van der Waals surface area contributed by atoms with Crippen LogP contribution in [0.1, 0.15) is 78.1 Å². The molecule has 0 radical (unpaired) electrons. The Kier molecular flexibility index (Phi) is 6.25. The predicted molar refractivity (Wildman–Crippen MR) is 85.0 cm³/mol. The van der Waals surface area contributed by atoms with Crippen LogP contribution in [0.3, 0.4) is 0 Å². The van der Waals surface area contributed by atoms with E-state index in [1.54, 1.807) is 6.92 Å². The number of unbranched alkanes of at least 4 members (excludes halogenated alkanes) is 1. The Morgan fingerprint density at radius 1 is 1.10 bits per heavy atom. The molecule has 1 heterocycles. The maximum absolute atomic E-state index is 13.0. The largest absolute Gasteiger partial charge is 0.332 e. The fourth-order valence-corrected chi connectivity index (χ4v) is 4.19. The van der Waals surface area contributed by atoms with Crippen LogP contribution < -0.4 is 0 Å². The Balaban J connectivity index is 2.07. The second-order valence-electron chi connectivity index (χ2n) is 6.95. The molecule has 1 aliphatic carbocycles. The number of hydrogen-bond donors (Lipinski definition) is 0. The molecule has 1 saturated heterocycles. The van der Waals surface area contributed by atoms with Gasteiger partial charge in [0.15, 0.2) is 5.78 Å². The Labute approximate surface area is 129 Å². The maximum atomic E-state index is 13.0. The van der Waals surface area contributed by atoms with Gasteiger partial charge >= 0.3 is 0 Å². The normalized spacial score (nSPS) is 25.0. The molecule has 0 bridgehead atoms. The molecular weight excluding hydrogens is 262 g/mol. The van der Waals surface area contributed by atoms with Gasteiger partial charge in [0.05, 0.1) is 6.04 Å². The van der Waals surface area contributed by atoms with Crippen molar-refractivity contribution in [1.29, 1.82) is 0 Å². The lowest BCUT2D eigenvalue weighted by molar-refractivity contribution is -0.142. The molecule has 2 fully saturated rings. The van der Waals surface area contributed by atoms with E-state index in [-0.39, 0.29) is 23.7 Å². The summed E-state index contributed by atoms with van der Waals surface area (Å²) < 4.78 is 0. The number of amides is 1. The summed E-state index contributed by atoms with van der Waals surface area (Å²) in [5.41, 5.74) is 0. The first kappa shape index (κ1) is 16.5. The Bertz CT molecular complexity index is 360. The van der Waals surface area contributed by atoms with E-state index in [1.807, 2.05) is 4.90 Å². The summed E-state index contributed by atoms with van der Waals surface area (Å²) >= 11 is 0. The molecule has 1 amide bonds. The highest BCUT2D eigenvalue weighted by Crippen LogP contribution is 2.35. The predicted octanol–water partition coefficient (Wildman–Crippen LogP) is 3.95. The summed E-state index contributed by atoms with van der Waals surface area (Å²) in [4.78, 5) is 26.7. The lowest BCUT2D eigenvalue weighted by Crippen LogP contribution is -2.45. The molecule has 0 spiro atoms. The van der Waals surface area contributed by atoms with Gasteiger partial charge in [-0.2, -0.15) is 0 Å². The van der Waals surface area contributed by atoms with Gasteiger partial charge < -0.3 is 4.90 Å². The van der Waals surface area contributed by atoms with Gasteiger partial charge in [0.1, 0.15) is 0 Å². The molecule has 1 saturated carbocycles. The van der Waals surface area contributed by atoms with Crippen LogP contribution in [-0.4, -0.2) is 29.2 Å². The number of carbonyl (C=O) groups is 2. The minimum absolute atomic E-state index is 0.134. The van der Waals surface area contributed by atoms with E-state index in [0.717, 1.165) is 38.6 Å². The smallest absolute Gasteiger partial charge is 0.226 e. The van der Waals surface area contributed by atoms with Crippen LogP contribution >= 0.6 is 0 Å². The van der Waals surface area contributed by atoms with E-state index in [0.29, 0.717) is 5.92 Å². The molecule has 0 N–H and O–H groups in total. The first-order valence-corrected chi connectivity index (χ1v) is 8.96. The third kappa shape index (κ3) is 4.08. The molecule has 2 rings (SSSR count). The molecular formula is C18H31NO2. The number of hydrogen-bond acceptors (Lipinski definition) is 2. The van der Waals surface area contributed by atoms with Crippen molar-refractivity contribution in [2.24, 2.45) is 11.8 Å². The first-order chi connectivity index (χ1) is 10.1. The first-order valence-electron chi connectivity index (χ1n) is 8.96. The van der Waals surface area contributed by atoms with Crippen molar-refractivity contribution in [2.75, 3.05) is 6.54 Å². The zero-order chi connectivity index (χ0) is 15.2. The third-order valence-electron chi connectivity index (χ3n) is 5.41. The van der Waals surface area contributed by atoms with E-state index in [2.05, 4.69) is 6.92 Å². The Morgan fingerprint density at radius 2 is 1.81 bits per heavy atom. The van der Waals surface area contributed by atoms with Crippen LogP contribution in [0.5, 0.6) is 0 Å². The summed E-state index contributed by atoms with van der Waals surface area (Å²) in [5.74, 6) is 1.18. The van der Waals surface area contributed by atoms with Crippen molar-refractivity contribution >= 4 is 11.7 Å². The van der Waals surface area contributed by atoms with Crippen LogP contribution in [0.4, 0.5) is 0 Å². The summed E-state index contributed by atoms with van der Waals surface area (Å²) in [6, 6.07) is -0.134. The van der Waals surface area contributed by atoms with E-state index in [1.165, 1.54) is 32.1 Å². The van der Waals surface area contributed by atoms with Gasteiger partial charge in [-0.3, -0.25) is 9.59 Å². The van der Waals surface area contributed by atoms with Gasteiger partial charge in [-0.25, -0.2) is 0 Å². The Morgan fingerprint density at radius 3 is 2.43 bits per heavy atom. The highest BCUT2D eigenvalue weighted by molar-refractivity contribution is 5.89. The molecule has 2 atom stereocenters. The average Bonchev–Trinajstić information content (AvgIpc) is 2.98. The summed E-state index contributed by atoms with van der Waals surface area (Å²) in [5, 5.41) is 0. The summed E-state index contributed by atoms with van der Waals surface area (Å²) in [6.07, 6.45) is 11.4. The maximum Gasteiger partial charge on any atom is 0.226 e. The lowest BCUT2D eigenvalue weighted by atomic mass is 9.77. The van der Waals surface area contributed by atoms with Gasteiger partial charge in [0.25, 0.3) is 0 Å². The molecule has 3 nitrogen and oxygen atoms in total. The standard InChI is InChI=1S/C18H31NO2/c1-3-4-11-16(15-9-6-5-7-10-15)18(21)19-13-8-12-17(19)14(2)20/h15-17H,3-13H2,1-2H3. The quantitative estimate of drug-likeness (QED) is 0.743. The van der Waals surface area contributed by atoms with Gasteiger partial charge in [-0.05, 0) is 44.9 Å². The van der Waals surface area contributed by atoms with Crippen molar-refractivity contribution in [3.05, 3.63) is 0 Å². The monoisotopic (exact) mass is 293 g/mol. The van der Waals surface area contributed by atoms with E-state index in [9.17, 15) is 9.59 Å². The zero-order valence-corrected chi connectivity index (χ0v) is 13.8. The molecule has 0 aromatic heterocycles. The van der Waals surface area contributed by atoms with Crippen LogP contribution in [0, 0.1) is 11.8 Å². The molecule has 1 aliphatic heterocycles. The third-order valence-corrected chi connectivity index (χ3v) is 5.41. The van der Waals surface area contributed by atoms with Gasteiger partial charge in [-0.15, -0.1) is 0 Å². The molecule has 0 aromatic carbocycles. The summed E-state index contributed by atoms with van der Waals surface area (Å²) in [7, 11) is 0. The van der Waals surface area contributed by atoms with E-state index >= 15 is 0 Å². The highest BCUT2D eigenvalue weighted by Gasteiger charge is 2.38.